The lowest BCUT2D eigenvalue weighted by Crippen LogP contribution is -2.12. The molecule has 0 saturated carbocycles. The van der Waals surface area contributed by atoms with Crippen LogP contribution in [0.25, 0.3) is 0 Å². The van der Waals surface area contributed by atoms with E-state index in [-0.39, 0.29) is 0 Å². The van der Waals surface area contributed by atoms with Gasteiger partial charge in [0.2, 0.25) is 0 Å². The van der Waals surface area contributed by atoms with Crippen molar-refractivity contribution in [1.29, 1.82) is 0 Å². The molecule has 11 heavy (non-hydrogen) atoms. The van der Waals surface area contributed by atoms with Gasteiger partial charge in [-0.1, -0.05) is 12.1 Å². The largest absolute Gasteiger partial charge is 0.491 e. The molecular weight excluding hydrogens is 140 g/mol. The van der Waals surface area contributed by atoms with Crippen LogP contribution in [-0.4, -0.2) is 17.8 Å². The molecule has 0 aliphatic heterocycles. The van der Waals surface area contributed by atoms with Crippen LogP contribution in [0.1, 0.15) is 6.92 Å². The van der Waals surface area contributed by atoms with E-state index in [1.165, 1.54) is 0 Å². The van der Waals surface area contributed by atoms with Crippen molar-refractivity contribution in [3.63, 3.8) is 0 Å². The average Bonchev–Trinajstić information content (AvgIpc) is 2.03. The summed E-state index contributed by atoms with van der Waals surface area (Å²) in [6.45, 7) is 2.03. The van der Waals surface area contributed by atoms with Gasteiger partial charge in [0, 0.05) is 0 Å². The number of ether oxygens (including phenoxy) is 1. The van der Waals surface area contributed by atoms with Crippen LogP contribution in [0.2, 0.25) is 0 Å². The Bertz CT molecular complexity index is 194. The molecule has 0 saturated heterocycles. The van der Waals surface area contributed by atoms with E-state index in [1.807, 2.05) is 12.1 Å². The number of aliphatic hydroxyl groups is 1. The monoisotopic (exact) mass is 151 g/mol. The van der Waals surface area contributed by atoms with E-state index in [1.54, 1.807) is 19.1 Å². The minimum absolute atomic E-state index is 0.337. The van der Waals surface area contributed by atoms with E-state index in [4.69, 9.17) is 9.84 Å². The Morgan fingerprint density at radius 3 is 2.73 bits per heavy atom. The first-order valence-corrected chi connectivity index (χ1v) is 3.56. The quantitative estimate of drug-likeness (QED) is 0.704. The summed E-state index contributed by atoms with van der Waals surface area (Å²) in [5.41, 5.74) is 0. The summed E-state index contributed by atoms with van der Waals surface area (Å²) >= 11 is 0. The molecule has 0 amide bonds. The van der Waals surface area contributed by atoms with Crippen LogP contribution in [0, 0.1) is 6.07 Å². The van der Waals surface area contributed by atoms with E-state index in [0.29, 0.717) is 6.61 Å². The predicted octanol–water partition coefficient (Wildman–Crippen LogP) is 1.25. The molecule has 1 N–H and O–H groups in total. The van der Waals surface area contributed by atoms with E-state index in [0.717, 1.165) is 5.75 Å². The zero-order chi connectivity index (χ0) is 8.10. The van der Waals surface area contributed by atoms with Gasteiger partial charge in [-0.2, -0.15) is 0 Å². The smallest absolute Gasteiger partial charge is 0.119 e. The maximum Gasteiger partial charge on any atom is 0.119 e. The summed E-state index contributed by atoms with van der Waals surface area (Å²) in [4.78, 5) is 0. The van der Waals surface area contributed by atoms with E-state index >= 15 is 0 Å². The third-order valence-electron chi connectivity index (χ3n) is 1.18. The Hall–Kier alpha value is -1.02. The van der Waals surface area contributed by atoms with Gasteiger partial charge in [0.15, 0.2) is 0 Å². The first-order chi connectivity index (χ1) is 5.29. The van der Waals surface area contributed by atoms with Crippen LogP contribution < -0.4 is 4.74 Å². The zero-order valence-electron chi connectivity index (χ0n) is 6.45. The molecule has 1 atom stereocenters. The number of rotatable bonds is 3. The van der Waals surface area contributed by atoms with Crippen molar-refractivity contribution in [2.75, 3.05) is 6.61 Å². The molecule has 2 heteroatoms. The third kappa shape index (κ3) is 3.05. The highest BCUT2D eigenvalue weighted by molar-refractivity contribution is 5.20. The Kier molecular flexibility index (Phi) is 2.93. The molecule has 0 aliphatic carbocycles. The molecule has 1 rings (SSSR count). The van der Waals surface area contributed by atoms with Crippen LogP contribution >= 0.6 is 0 Å². The summed E-state index contributed by atoms with van der Waals surface area (Å²) in [6, 6.07) is 10.0. The second-order valence-corrected chi connectivity index (χ2v) is 2.40. The molecule has 2 nitrogen and oxygen atoms in total. The molecule has 0 bridgehead atoms. The highest BCUT2D eigenvalue weighted by Gasteiger charge is 1.95. The molecule has 0 aliphatic rings. The Morgan fingerprint density at radius 1 is 1.55 bits per heavy atom. The molecular formula is C9H11O2. The molecule has 59 valence electrons. The Balaban J connectivity index is 2.39. The summed E-state index contributed by atoms with van der Waals surface area (Å²) < 4.78 is 5.20. The number of hydrogen-bond donors (Lipinski definition) is 1. The van der Waals surface area contributed by atoms with Crippen LogP contribution in [0.15, 0.2) is 24.3 Å². The summed E-state index contributed by atoms with van der Waals surface area (Å²) in [5, 5.41) is 8.88. The average molecular weight is 151 g/mol. The van der Waals surface area contributed by atoms with E-state index in [2.05, 4.69) is 6.07 Å². The maximum atomic E-state index is 8.88. The lowest BCUT2D eigenvalue weighted by Gasteiger charge is -2.06. The highest BCUT2D eigenvalue weighted by Crippen LogP contribution is 2.07. The molecule has 1 radical (unpaired) electrons. The third-order valence-corrected chi connectivity index (χ3v) is 1.18. The van der Waals surface area contributed by atoms with E-state index < -0.39 is 6.10 Å². The van der Waals surface area contributed by atoms with Crippen molar-refractivity contribution in [3.05, 3.63) is 30.3 Å². The van der Waals surface area contributed by atoms with Crippen LogP contribution in [0.5, 0.6) is 5.75 Å². The highest BCUT2D eigenvalue weighted by atomic mass is 16.5. The van der Waals surface area contributed by atoms with Gasteiger partial charge >= 0.3 is 0 Å². The lowest BCUT2D eigenvalue weighted by atomic mass is 10.3. The fraction of sp³-hybridized carbons (Fsp3) is 0.333. The van der Waals surface area contributed by atoms with Crippen molar-refractivity contribution in [2.24, 2.45) is 0 Å². The number of aliphatic hydroxyl groups excluding tert-OH is 1. The van der Waals surface area contributed by atoms with Gasteiger partial charge in [0.05, 0.1) is 6.10 Å². The second kappa shape index (κ2) is 3.98. The normalized spacial score (nSPS) is 12.5. The van der Waals surface area contributed by atoms with Crippen molar-refractivity contribution in [3.8, 4) is 5.75 Å². The Labute approximate surface area is 66.4 Å². The molecule has 1 aromatic rings. The van der Waals surface area contributed by atoms with Crippen molar-refractivity contribution >= 4 is 0 Å². The van der Waals surface area contributed by atoms with Gasteiger partial charge < -0.3 is 9.84 Å². The topological polar surface area (TPSA) is 29.5 Å². The van der Waals surface area contributed by atoms with Crippen molar-refractivity contribution < 1.29 is 9.84 Å². The molecule has 0 fully saturated rings. The minimum atomic E-state index is -0.417. The zero-order valence-corrected chi connectivity index (χ0v) is 6.45. The fourth-order valence-electron chi connectivity index (χ4n) is 0.685. The van der Waals surface area contributed by atoms with Crippen molar-refractivity contribution in [1.82, 2.24) is 0 Å². The first kappa shape index (κ1) is 8.08. The molecule has 1 aromatic carbocycles. The number of hydrogen-bond acceptors (Lipinski definition) is 2. The summed E-state index contributed by atoms with van der Waals surface area (Å²) in [6.07, 6.45) is -0.417. The maximum absolute atomic E-state index is 8.88. The van der Waals surface area contributed by atoms with Gasteiger partial charge in [-0.3, -0.25) is 0 Å². The molecule has 0 heterocycles. The van der Waals surface area contributed by atoms with Gasteiger partial charge in [-0.15, -0.1) is 0 Å². The standard InChI is InChI=1S/C9H11O2/c1-8(10)7-11-9-5-3-2-4-6-9/h3-6,8,10H,7H2,1H3/t8-/m0/s1. The number of benzene rings is 1. The van der Waals surface area contributed by atoms with Crippen LogP contribution in [0.4, 0.5) is 0 Å². The molecule has 0 spiro atoms. The molecule has 0 aromatic heterocycles. The van der Waals surface area contributed by atoms with Crippen LogP contribution in [-0.2, 0) is 0 Å². The SMILES string of the molecule is C[C@H](O)COc1cc[c]cc1. The second-order valence-electron chi connectivity index (χ2n) is 2.40. The van der Waals surface area contributed by atoms with E-state index in [9.17, 15) is 0 Å². The predicted molar refractivity (Wildman–Crippen MR) is 42.5 cm³/mol. The minimum Gasteiger partial charge on any atom is -0.491 e. The van der Waals surface area contributed by atoms with Crippen LogP contribution in [0.3, 0.4) is 0 Å². The molecule has 0 unspecified atom stereocenters. The van der Waals surface area contributed by atoms with Gasteiger partial charge in [-0.25, -0.2) is 0 Å². The lowest BCUT2D eigenvalue weighted by molar-refractivity contribution is 0.123. The van der Waals surface area contributed by atoms with Gasteiger partial charge in [0.25, 0.3) is 0 Å². The first-order valence-electron chi connectivity index (χ1n) is 3.56. The van der Waals surface area contributed by atoms with Crippen molar-refractivity contribution in [2.45, 2.75) is 13.0 Å². The Morgan fingerprint density at radius 2 is 2.18 bits per heavy atom. The summed E-state index contributed by atoms with van der Waals surface area (Å²) in [5.74, 6) is 0.768. The van der Waals surface area contributed by atoms with Gasteiger partial charge in [-0.05, 0) is 25.1 Å². The van der Waals surface area contributed by atoms with Gasteiger partial charge in [0.1, 0.15) is 12.4 Å². The summed E-state index contributed by atoms with van der Waals surface area (Å²) in [7, 11) is 0. The fourth-order valence-corrected chi connectivity index (χ4v) is 0.685.